The topological polar surface area (TPSA) is 126 Å². The maximum Gasteiger partial charge on any atom is 0.255 e. The number of nitrogens with one attached hydrogen (secondary N) is 2. The molecule has 0 bridgehead atoms. The average Bonchev–Trinajstić information content (AvgIpc) is 2.91. The molecule has 35 heavy (non-hydrogen) atoms. The van der Waals surface area contributed by atoms with E-state index in [4.69, 9.17) is 10.5 Å². The number of aldehydes is 1. The molecule has 10 nitrogen and oxygen atoms in total. The summed E-state index contributed by atoms with van der Waals surface area (Å²) in [6, 6.07) is 9.07. The lowest BCUT2D eigenvalue weighted by atomic mass is 10.1. The van der Waals surface area contributed by atoms with Gasteiger partial charge in [0, 0.05) is 82.7 Å². The zero-order valence-corrected chi connectivity index (χ0v) is 20.2. The monoisotopic (exact) mass is 479 g/mol. The van der Waals surface area contributed by atoms with Crippen molar-refractivity contribution in [2.75, 3.05) is 63.7 Å². The highest BCUT2D eigenvalue weighted by molar-refractivity contribution is 5.99. The molecule has 0 atom stereocenters. The van der Waals surface area contributed by atoms with Gasteiger partial charge in [0.05, 0.1) is 11.4 Å². The molecule has 0 aliphatic carbocycles. The van der Waals surface area contributed by atoms with Crippen molar-refractivity contribution in [3.63, 3.8) is 0 Å². The minimum Gasteiger partial charge on any atom is -0.404 e. The predicted octanol–water partition coefficient (Wildman–Crippen LogP) is 1.49. The predicted molar refractivity (Wildman–Crippen MR) is 137 cm³/mol. The number of anilines is 2. The van der Waals surface area contributed by atoms with Gasteiger partial charge in [0.2, 0.25) is 5.95 Å². The van der Waals surface area contributed by atoms with E-state index >= 15 is 0 Å². The summed E-state index contributed by atoms with van der Waals surface area (Å²) in [5.74, 6) is 0.0346. The van der Waals surface area contributed by atoms with Crippen LogP contribution in [0.3, 0.4) is 0 Å². The molecule has 1 aliphatic heterocycles. The summed E-state index contributed by atoms with van der Waals surface area (Å²) in [4.78, 5) is 37.5. The van der Waals surface area contributed by atoms with Gasteiger partial charge in [0.25, 0.3) is 5.91 Å². The lowest BCUT2D eigenvalue weighted by Gasteiger charge is -2.36. The molecule has 3 rings (SSSR count). The highest BCUT2D eigenvalue weighted by atomic mass is 16.5. The smallest absolute Gasteiger partial charge is 0.255 e. The molecule has 0 spiro atoms. The van der Waals surface area contributed by atoms with Crippen LogP contribution in [0.15, 0.2) is 54.5 Å². The number of hydrogen-bond donors (Lipinski definition) is 3. The van der Waals surface area contributed by atoms with Gasteiger partial charge in [-0.1, -0.05) is 0 Å². The summed E-state index contributed by atoms with van der Waals surface area (Å²) in [7, 11) is 3.43. The van der Waals surface area contributed by atoms with E-state index in [-0.39, 0.29) is 11.6 Å². The molecule has 1 saturated heterocycles. The van der Waals surface area contributed by atoms with Crippen LogP contribution in [0.2, 0.25) is 0 Å². The Morgan fingerprint density at radius 3 is 2.54 bits per heavy atom. The minimum atomic E-state index is -0.382. The maximum absolute atomic E-state index is 12.7. The van der Waals surface area contributed by atoms with Gasteiger partial charge < -0.3 is 26.0 Å². The number of aromatic nitrogens is 2. The van der Waals surface area contributed by atoms with Gasteiger partial charge in [-0.3, -0.25) is 14.5 Å². The lowest BCUT2D eigenvalue weighted by molar-refractivity contribution is -0.105. The summed E-state index contributed by atoms with van der Waals surface area (Å²) < 4.78 is 5.13. The molecule has 186 valence electrons. The lowest BCUT2D eigenvalue weighted by Crippen LogP contribution is -2.46. The van der Waals surface area contributed by atoms with E-state index < -0.39 is 0 Å². The highest BCUT2D eigenvalue weighted by Gasteiger charge is 2.17. The molecule has 1 aliphatic rings. The summed E-state index contributed by atoms with van der Waals surface area (Å²) in [6.45, 7) is 5.69. The molecule has 2 aromatic rings. The van der Waals surface area contributed by atoms with E-state index in [1.807, 2.05) is 12.1 Å². The zero-order valence-electron chi connectivity index (χ0n) is 20.2. The van der Waals surface area contributed by atoms with E-state index in [0.29, 0.717) is 29.1 Å². The SMILES string of the molecule is CNc1nccc(C(/C=C(\C=O)NC(=O)c2ccc(N3CCN(CCCOC)CC3)cc2)=C/N)n1. The van der Waals surface area contributed by atoms with Crippen molar-refractivity contribution >= 4 is 29.4 Å². The first kappa shape index (κ1) is 25.9. The van der Waals surface area contributed by atoms with Crippen LogP contribution < -0.4 is 21.3 Å². The molecular formula is C25H33N7O3. The second-order valence-electron chi connectivity index (χ2n) is 8.03. The summed E-state index contributed by atoms with van der Waals surface area (Å²) in [5.41, 5.74) is 8.33. The number of allylic oxidation sites excluding steroid dienone is 3. The normalized spacial score (nSPS) is 15.1. The van der Waals surface area contributed by atoms with Crippen LogP contribution in [0.5, 0.6) is 0 Å². The Morgan fingerprint density at radius 1 is 1.17 bits per heavy atom. The van der Waals surface area contributed by atoms with Crippen LogP contribution in [0.1, 0.15) is 22.5 Å². The average molecular weight is 480 g/mol. The molecule has 0 saturated carbocycles. The van der Waals surface area contributed by atoms with Crippen molar-refractivity contribution < 1.29 is 14.3 Å². The third-order valence-electron chi connectivity index (χ3n) is 5.74. The fourth-order valence-electron chi connectivity index (χ4n) is 3.80. The molecule has 2 heterocycles. The largest absolute Gasteiger partial charge is 0.404 e. The number of amides is 1. The van der Waals surface area contributed by atoms with Crippen molar-refractivity contribution in [1.82, 2.24) is 20.2 Å². The number of methoxy groups -OCH3 is 1. The van der Waals surface area contributed by atoms with E-state index in [1.165, 1.54) is 12.3 Å². The molecule has 0 unspecified atom stereocenters. The number of piperazine rings is 1. The van der Waals surface area contributed by atoms with E-state index in [2.05, 4.69) is 30.4 Å². The number of hydrogen-bond acceptors (Lipinski definition) is 9. The van der Waals surface area contributed by atoms with Crippen molar-refractivity contribution in [1.29, 1.82) is 0 Å². The summed E-state index contributed by atoms with van der Waals surface area (Å²) in [5, 5.41) is 5.49. The highest BCUT2D eigenvalue weighted by Crippen LogP contribution is 2.18. The van der Waals surface area contributed by atoms with Crippen LogP contribution in [0.25, 0.3) is 5.57 Å². The summed E-state index contributed by atoms with van der Waals surface area (Å²) in [6.07, 6.45) is 5.99. The number of rotatable bonds is 11. The van der Waals surface area contributed by atoms with Crippen molar-refractivity contribution in [2.45, 2.75) is 6.42 Å². The minimum absolute atomic E-state index is 0.0741. The Bertz CT molecular complexity index is 1050. The Hall–Kier alpha value is -3.76. The first-order valence-corrected chi connectivity index (χ1v) is 11.6. The standard InChI is InChI=1S/C25H33N7O3/c1-27-25-28-9-8-23(30-25)20(17-26)16-21(18-33)29-24(34)19-4-6-22(7-5-19)32-13-11-31(12-14-32)10-3-15-35-2/h4-9,16-18H,3,10-15,26H2,1-2H3,(H,29,34)(H,27,28,30)/b20-17+,21-16+. The number of nitrogens with two attached hydrogens (primary N) is 1. The molecule has 10 heteroatoms. The fourth-order valence-corrected chi connectivity index (χ4v) is 3.80. The van der Waals surface area contributed by atoms with E-state index in [9.17, 15) is 9.59 Å². The molecule has 1 aromatic heterocycles. The van der Waals surface area contributed by atoms with Gasteiger partial charge in [0.1, 0.15) is 0 Å². The molecular weight excluding hydrogens is 446 g/mol. The molecule has 1 amide bonds. The molecule has 1 fully saturated rings. The van der Waals surface area contributed by atoms with Crippen LogP contribution in [0, 0.1) is 0 Å². The van der Waals surface area contributed by atoms with Gasteiger partial charge in [-0.25, -0.2) is 9.97 Å². The third kappa shape index (κ3) is 7.36. The van der Waals surface area contributed by atoms with Gasteiger partial charge in [-0.2, -0.15) is 0 Å². The van der Waals surface area contributed by atoms with Gasteiger partial charge in [0.15, 0.2) is 6.29 Å². The van der Waals surface area contributed by atoms with Gasteiger partial charge in [-0.05, 0) is 42.8 Å². The second-order valence-corrected chi connectivity index (χ2v) is 8.03. The van der Waals surface area contributed by atoms with Crippen molar-refractivity contribution in [2.24, 2.45) is 5.73 Å². The first-order chi connectivity index (χ1) is 17.1. The van der Waals surface area contributed by atoms with Crippen LogP contribution in [-0.4, -0.2) is 80.5 Å². The summed E-state index contributed by atoms with van der Waals surface area (Å²) >= 11 is 0. The maximum atomic E-state index is 12.7. The Labute approximate surface area is 205 Å². The fraction of sp³-hybridized carbons (Fsp3) is 0.360. The second kappa shape index (κ2) is 13.2. The quantitative estimate of drug-likeness (QED) is 0.190. The number of carbonyl (C=O) groups is 2. The number of benzene rings is 1. The molecule has 4 N–H and O–H groups in total. The van der Waals surface area contributed by atoms with Crippen LogP contribution in [-0.2, 0) is 9.53 Å². The molecule has 1 aromatic carbocycles. The van der Waals surface area contributed by atoms with Gasteiger partial charge >= 0.3 is 0 Å². The first-order valence-electron chi connectivity index (χ1n) is 11.6. The number of ether oxygens (including phenoxy) is 1. The van der Waals surface area contributed by atoms with Crippen molar-refractivity contribution in [3.05, 3.63) is 65.8 Å². The molecule has 0 radical (unpaired) electrons. The Morgan fingerprint density at radius 2 is 1.91 bits per heavy atom. The number of carbonyl (C=O) groups excluding carboxylic acids is 2. The van der Waals surface area contributed by atoms with E-state index in [1.54, 1.807) is 38.6 Å². The van der Waals surface area contributed by atoms with E-state index in [0.717, 1.165) is 51.4 Å². The van der Waals surface area contributed by atoms with Crippen LogP contribution >= 0.6 is 0 Å². The Kier molecular flexibility index (Phi) is 9.76. The number of nitrogens with zero attached hydrogens (tertiary/aromatic N) is 4. The van der Waals surface area contributed by atoms with Crippen molar-refractivity contribution in [3.8, 4) is 0 Å². The third-order valence-corrected chi connectivity index (χ3v) is 5.74. The zero-order chi connectivity index (χ0) is 25.0. The van der Waals surface area contributed by atoms with Crippen LogP contribution in [0.4, 0.5) is 11.6 Å². The van der Waals surface area contributed by atoms with Gasteiger partial charge in [-0.15, -0.1) is 0 Å². The Balaban J connectivity index is 1.60.